The third kappa shape index (κ3) is 7.44. The molecule has 1 rings (SSSR count). The molecule has 0 saturated carbocycles. The Kier molecular flexibility index (Phi) is 8.06. The summed E-state index contributed by atoms with van der Waals surface area (Å²) in [6.45, 7) is 1.27. The topological polar surface area (TPSA) is 125 Å². The van der Waals surface area contributed by atoms with E-state index >= 15 is 0 Å². The van der Waals surface area contributed by atoms with E-state index in [9.17, 15) is 18.8 Å². The van der Waals surface area contributed by atoms with E-state index in [-0.39, 0.29) is 19.3 Å². The molecule has 7 nitrogen and oxygen atoms in total. The van der Waals surface area contributed by atoms with Gasteiger partial charge in [-0.1, -0.05) is 12.1 Å². The zero-order chi connectivity index (χ0) is 18.8. The number of primary amides is 1. The number of nitrogens with zero attached hydrogens (tertiary/aromatic N) is 1. The first-order valence-electron chi connectivity index (χ1n) is 7.81. The van der Waals surface area contributed by atoms with E-state index in [4.69, 9.17) is 11.0 Å². The first kappa shape index (κ1) is 20.1. The smallest absolute Gasteiger partial charge is 0.243 e. The number of hydrogen-bond acceptors (Lipinski definition) is 4. The molecule has 0 aliphatic heterocycles. The summed E-state index contributed by atoms with van der Waals surface area (Å²) in [6, 6.07) is 5.63. The van der Waals surface area contributed by atoms with Crippen LogP contribution in [0.15, 0.2) is 24.3 Å². The van der Waals surface area contributed by atoms with E-state index in [2.05, 4.69) is 10.6 Å². The van der Waals surface area contributed by atoms with Crippen LogP contribution in [-0.2, 0) is 20.8 Å². The van der Waals surface area contributed by atoms with E-state index in [1.165, 1.54) is 31.2 Å². The maximum absolute atomic E-state index is 13.0. The van der Waals surface area contributed by atoms with E-state index in [1.54, 1.807) is 0 Å². The highest BCUT2D eigenvalue weighted by atomic mass is 19.1. The number of nitrogens with two attached hydrogens (primary N) is 1. The fourth-order valence-electron chi connectivity index (χ4n) is 2.25. The average molecular weight is 348 g/mol. The number of carbonyl (C=O) groups excluding carboxylic acids is 3. The van der Waals surface area contributed by atoms with Gasteiger partial charge in [0, 0.05) is 19.8 Å². The number of carbonyl (C=O) groups is 3. The number of rotatable bonds is 9. The van der Waals surface area contributed by atoms with Gasteiger partial charge in [-0.2, -0.15) is 5.26 Å². The number of halogens is 1. The molecule has 3 amide bonds. The van der Waals surface area contributed by atoms with Gasteiger partial charge in [-0.25, -0.2) is 4.39 Å². The summed E-state index contributed by atoms with van der Waals surface area (Å²) in [7, 11) is 0. The summed E-state index contributed by atoms with van der Waals surface area (Å²) in [6.07, 6.45) is 1.02. The molecule has 8 heteroatoms. The summed E-state index contributed by atoms with van der Waals surface area (Å²) in [5.41, 5.74) is 5.92. The fraction of sp³-hybridized carbons (Fsp3) is 0.412. The van der Waals surface area contributed by atoms with E-state index in [0.29, 0.717) is 12.0 Å². The molecule has 0 aromatic heterocycles. The minimum Gasteiger partial charge on any atom is -0.368 e. The highest BCUT2D eigenvalue weighted by Crippen LogP contribution is 2.07. The van der Waals surface area contributed by atoms with Crippen molar-refractivity contribution in [3.63, 3.8) is 0 Å². The van der Waals surface area contributed by atoms with Crippen molar-refractivity contribution in [1.29, 1.82) is 5.26 Å². The molecule has 134 valence electrons. The Balaban J connectivity index is 2.80. The number of amides is 3. The highest BCUT2D eigenvalue weighted by molar-refractivity contribution is 5.91. The van der Waals surface area contributed by atoms with Crippen LogP contribution in [0.1, 0.15) is 31.7 Å². The standard InChI is InChI=1S/C17H21FN4O3/c1-11(23)21-15(10-12-5-7-13(18)8-6-12)17(25)22-14(16(20)24)4-2-3-9-19/h5-8,14-15H,2-4,10H2,1H3,(H2,20,24)(H,21,23)(H,22,25)/t14-,15-/m1/s1. The second kappa shape index (κ2) is 10.0. The number of unbranched alkanes of at least 4 members (excludes halogenated alkanes) is 1. The molecule has 25 heavy (non-hydrogen) atoms. The van der Waals surface area contributed by atoms with Gasteiger partial charge in [0.1, 0.15) is 17.9 Å². The molecule has 0 bridgehead atoms. The maximum Gasteiger partial charge on any atom is 0.243 e. The monoisotopic (exact) mass is 348 g/mol. The Bertz CT molecular complexity index is 655. The molecule has 4 N–H and O–H groups in total. The summed E-state index contributed by atoms with van der Waals surface area (Å²) < 4.78 is 13.0. The van der Waals surface area contributed by atoms with Crippen LogP contribution in [0, 0.1) is 17.1 Å². The largest absolute Gasteiger partial charge is 0.368 e. The molecular formula is C17H21FN4O3. The lowest BCUT2D eigenvalue weighted by molar-refractivity contribution is -0.130. The number of benzene rings is 1. The number of hydrogen-bond donors (Lipinski definition) is 3. The van der Waals surface area contributed by atoms with Gasteiger partial charge in [-0.15, -0.1) is 0 Å². The van der Waals surface area contributed by atoms with Crippen molar-refractivity contribution in [3.8, 4) is 6.07 Å². The van der Waals surface area contributed by atoms with Gasteiger partial charge in [-0.3, -0.25) is 14.4 Å². The van der Waals surface area contributed by atoms with Crippen LogP contribution >= 0.6 is 0 Å². The zero-order valence-electron chi connectivity index (χ0n) is 13.9. The summed E-state index contributed by atoms with van der Waals surface area (Å²) in [4.78, 5) is 35.2. The van der Waals surface area contributed by atoms with Crippen molar-refractivity contribution < 1.29 is 18.8 Å². The number of nitriles is 1. The van der Waals surface area contributed by atoms with Crippen molar-refractivity contribution in [2.45, 2.75) is 44.7 Å². The van der Waals surface area contributed by atoms with Crippen molar-refractivity contribution >= 4 is 17.7 Å². The highest BCUT2D eigenvalue weighted by Gasteiger charge is 2.25. The molecule has 0 radical (unpaired) electrons. The van der Waals surface area contributed by atoms with Crippen LogP contribution in [0.5, 0.6) is 0 Å². The van der Waals surface area contributed by atoms with Crippen molar-refractivity contribution in [2.75, 3.05) is 0 Å². The van der Waals surface area contributed by atoms with Gasteiger partial charge in [0.15, 0.2) is 0 Å². The maximum atomic E-state index is 13.0. The van der Waals surface area contributed by atoms with Crippen LogP contribution in [0.3, 0.4) is 0 Å². The summed E-state index contributed by atoms with van der Waals surface area (Å²) >= 11 is 0. The van der Waals surface area contributed by atoms with E-state index in [0.717, 1.165) is 0 Å². The lowest BCUT2D eigenvalue weighted by atomic mass is 10.0. The Morgan fingerprint density at radius 1 is 1.20 bits per heavy atom. The number of nitrogens with one attached hydrogen (secondary N) is 2. The third-order valence-corrected chi connectivity index (χ3v) is 3.49. The van der Waals surface area contributed by atoms with Gasteiger partial charge in [-0.05, 0) is 30.5 Å². The van der Waals surface area contributed by atoms with Gasteiger partial charge in [0.2, 0.25) is 17.7 Å². The second-order valence-corrected chi connectivity index (χ2v) is 5.60. The Morgan fingerprint density at radius 2 is 1.84 bits per heavy atom. The van der Waals surface area contributed by atoms with E-state index < -0.39 is 35.6 Å². The zero-order valence-corrected chi connectivity index (χ0v) is 13.9. The van der Waals surface area contributed by atoms with Gasteiger partial charge < -0.3 is 16.4 Å². The molecule has 0 spiro atoms. The lowest BCUT2D eigenvalue weighted by Gasteiger charge is -2.21. The fourth-order valence-corrected chi connectivity index (χ4v) is 2.25. The van der Waals surface area contributed by atoms with Crippen LogP contribution in [0.25, 0.3) is 0 Å². The van der Waals surface area contributed by atoms with Crippen molar-refractivity contribution in [2.24, 2.45) is 5.73 Å². The van der Waals surface area contributed by atoms with Gasteiger partial charge in [0.25, 0.3) is 0 Å². The first-order chi connectivity index (χ1) is 11.8. The molecule has 0 saturated heterocycles. The summed E-state index contributed by atoms with van der Waals surface area (Å²) in [5, 5.41) is 13.5. The molecule has 0 unspecified atom stereocenters. The molecule has 0 aliphatic carbocycles. The third-order valence-electron chi connectivity index (χ3n) is 3.49. The lowest BCUT2D eigenvalue weighted by Crippen LogP contribution is -2.53. The quantitative estimate of drug-likeness (QED) is 0.563. The van der Waals surface area contributed by atoms with Crippen LogP contribution in [0.2, 0.25) is 0 Å². The molecule has 0 fully saturated rings. The SMILES string of the molecule is CC(=O)N[C@H](Cc1ccc(F)cc1)C(=O)N[C@H](CCCC#N)C(N)=O. The average Bonchev–Trinajstić information content (AvgIpc) is 2.54. The summed E-state index contributed by atoms with van der Waals surface area (Å²) in [5.74, 6) is -2.10. The molecule has 1 aromatic rings. The second-order valence-electron chi connectivity index (χ2n) is 5.60. The van der Waals surface area contributed by atoms with Crippen LogP contribution in [0.4, 0.5) is 4.39 Å². The molecule has 1 aromatic carbocycles. The van der Waals surface area contributed by atoms with Crippen LogP contribution < -0.4 is 16.4 Å². The Morgan fingerprint density at radius 3 is 2.36 bits per heavy atom. The predicted molar refractivity (Wildman–Crippen MR) is 88.3 cm³/mol. The Labute approximate surface area is 145 Å². The minimum absolute atomic E-state index is 0.134. The first-order valence-corrected chi connectivity index (χ1v) is 7.81. The predicted octanol–water partition coefficient (Wildman–Crippen LogP) is 0.537. The van der Waals surface area contributed by atoms with Crippen molar-refractivity contribution in [3.05, 3.63) is 35.6 Å². The molecular weight excluding hydrogens is 327 g/mol. The minimum atomic E-state index is -0.930. The van der Waals surface area contributed by atoms with Crippen molar-refractivity contribution in [1.82, 2.24) is 10.6 Å². The molecule has 2 atom stereocenters. The molecule has 0 aliphatic rings. The Hall–Kier alpha value is -2.95. The normalized spacial score (nSPS) is 12.5. The van der Waals surface area contributed by atoms with Gasteiger partial charge >= 0.3 is 0 Å². The molecule has 0 heterocycles. The van der Waals surface area contributed by atoms with E-state index in [1.807, 2.05) is 6.07 Å². The van der Waals surface area contributed by atoms with Crippen LogP contribution in [-0.4, -0.2) is 29.8 Å². The van der Waals surface area contributed by atoms with Gasteiger partial charge in [0.05, 0.1) is 6.07 Å².